The van der Waals surface area contributed by atoms with Crippen LogP contribution in [0.25, 0.3) is 0 Å². The number of aromatic nitrogens is 2. The lowest BCUT2D eigenvalue weighted by molar-refractivity contribution is 0.594. The quantitative estimate of drug-likeness (QED) is 0.724. The van der Waals surface area contributed by atoms with Gasteiger partial charge in [-0.3, -0.25) is 8.99 Å². The molecular weight excluding hydrogens is 310 g/mol. The van der Waals surface area contributed by atoms with Crippen molar-refractivity contribution in [2.45, 2.75) is 11.4 Å². The van der Waals surface area contributed by atoms with Crippen LogP contribution in [0.1, 0.15) is 5.56 Å². The van der Waals surface area contributed by atoms with Crippen molar-refractivity contribution in [2.75, 3.05) is 11.4 Å². The van der Waals surface area contributed by atoms with Crippen LogP contribution in [0.4, 0.5) is 5.69 Å². The molecule has 0 bridgehead atoms. The third kappa shape index (κ3) is 3.27. The van der Waals surface area contributed by atoms with Crippen molar-refractivity contribution < 1.29 is 8.42 Å². The van der Waals surface area contributed by atoms with Crippen LogP contribution in [0.3, 0.4) is 0 Å². The van der Waals surface area contributed by atoms with Gasteiger partial charge in [0.15, 0.2) is 0 Å². The normalized spacial score (nSPS) is 11.3. The third-order valence-electron chi connectivity index (χ3n) is 3.58. The molecule has 0 saturated heterocycles. The predicted octanol–water partition coefficient (Wildman–Crippen LogP) is 2.76. The van der Waals surface area contributed by atoms with E-state index >= 15 is 0 Å². The molecular formula is C17H17N3O2S. The second kappa shape index (κ2) is 6.26. The molecule has 2 aromatic carbocycles. The first kappa shape index (κ1) is 15.3. The summed E-state index contributed by atoms with van der Waals surface area (Å²) in [4.78, 5) is 0.180. The molecule has 1 aromatic heterocycles. The Hall–Kier alpha value is -2.60. The first-order valence-electron chi connectivity index (χ1n) is 7.18. The summed E-state index contributed by atoms with van der Waals surface area (Å²) in [5.41, 5.74) is 1.68. The van der Waals surface area contributed by atoms with Crippen LogP contribution in [-0.2, 0) is 16.6 Å². The fourth-order valence-electron chi connectivity index (χ4n) is 2.27. The summed E-state index contributed by atoms with van der Waals surface area (Å²) in [5.74, 6) is 0. The molecule has 0 atom stereocenters. The van der Waals surface area contributed by atoms with E-state index in [2.05, 4.69) is 5.10 Å². The molecule has 0 unspecified atom stereocenters. The molecule has 0 N–H and O–H groups in total. The van der Waals surface area contributed by atoms with Gasteiger partial charge in [-0.15, -0.1) is 0 Å². The van der Waals surface area contributed by atoms with Crippen molar-refractivity contribution in [3.8, 4) is 0 Å². The Labute approximate surface area is 135 Å². The highest BCUT2D eigenvalue weighted by atomic mass is 32.2. The highest BCUT2D eigenvalue weighted by Crippen LogP contribution is 2.21. The van der Waals surface area contributed by atoms with Crippen molar-refractivity contribution in [1.29, 1.82) is 0 Å². The smallest absolute Gasteiger partial charge is 0.267 e. The molecule has 0 radical (unpaired) electrons. The van der Waals surface area contributed by atoms with Crippen molar-refractivity contribution in [1.82, 2.24) is 9.78 Å². The third-order valence-corrected chi connectivity index (χ3v) is 5.31. The lowest BCUT2D eigenvalue weighted by Crippen LogP contribution is -2.26. The van der Waals surface area contributed by atoms with Crippen LogP contribution < -0.4 is 4.31 Å². The molecule has 0 spiro atoms. The summed E-state index contributed by atoms with van der Waals surface area (Å²) in [6, 6.07) is 18.8. The number of rotatable bonds is 5. The summed E-state index contributed by atoms with van der Waals surface area (Å²) in [7, 11) is -2.07. The Balaban J connectivity index is 1.84. The minimum atomic E-state index is -3.61. The molecule has 0 amide bonds. The van der Waals surface area contributed by atoms with E-state index in [9.17, 15) is 8.42 Å². The van der Waals surface area contributed by atoms with Gasteiger partial charge in [-0.1, -0.05) is 48.5 Å². The topological polar surface area (TPSA) is 55.2 Å². The molecule has 0 aliphatic heterocycles. The van der Waals surface area contributed by atoms with E-state index in [4.69, 9.17) is 0 Å². The molecule has 0 aliphatic carbocycles. The molecule has 3 rings (SSSR count). The molecule has 23 heavy (non-hydrogen) atoms. The minimum absolute atomic E-state index is 0.180. The Morgan fingerprint density at radius 1 is 1.00 bits per heavy atom. The van der Waals surface area contributed by atoms with E-state index in [1.165, 1.54) is 10.5 Å². The van der Waals surface area contributed by atoms with Gasteiger partial charge in [-0.2, -0.15) is 5.10 Å². The van der Waals surface area contributed by atoms with Crippen molar-refractivity contribution >= 4 is 15.7 Å². The van der Waals surface area contributed by atoms with Crippen LogP contribution in [0.15, 0.2) is 78.0 Å². The second-order valence-electron chi connectivity index (χ2n) is 5.17. The number of hydrogen-bond acceptors (Lipinski definition) is 3. The first-order valence-corrected chi connectivity index (χ1v) is 8.62. The van der Waals surface area contributed by atoms with E-state index in [1.807, 2.05) is 36.4 Å². The SMILES string of the molecule is CN(c1ccccc1)S(=O)(=O)c1cnn(Cc2ccccc2)c1. The molecule has 0 fully saturated rings. The van der Waals surface area contributed by atoms with Crippen LogP contribution in [0.2, 0.25) is 0 Å². The lowest BCUT2D eigenvalue weighted by atomic mass is 10.2. The number of anilines is 1. The summed E-state index contributed by atoms with van der Waals surface area (Å²) in [5, 5.41) is 4.16. The zero-order valence-corrected chi connectivity index (χ0v) is 13.5. The maximum atomic E-state index is 12.7. The first-order chi connectivity index (χ1) is 11.1. The van der Waals surface area contributed by atoms with Gasteiger partial charge >= 0.3 is 0 Å². The van der Waals surface area contributed by atoms with Crippen molar-refractivity contribution in [3.05, 3.63) is 78.6 Å². The highest BCUT2D eigenvalue weighted by molar-refractivity contribution is 7.92. The zero-order valence-electron chi connectivity index (χ0n) is 12.7. The zero-order chi connectivity index (χ0) is 16.3. The lowest BCUT2D eigenvalue weighted by Gasteiger charge is -2.18. The Morgan fingerprint density at radius 3 is 2.26 bits per heavy atom. The van der Waals surface area contributed by atoms with Crippen molar-refractivity contribution in [3.63, 3.8) is 0 Å². The van der Waals surface area contributed by atoms with Gasteiger partial charge in [0.05, 0.1) is 18.4 Å². The average Bonchev–Trinajstić information content (AvgIpc) is 3.05. The Morgan fingerprint density at radius 2 is 1.61 bits per heavy atom. The molecule has 5 nitrogen and oxygen atoms in total. The standard InChI is InChI=1S/C17H17N3O2S/c1-19(16-10-6-3-7-11-16)23(21,22)17-12-18-20(14-17)13-15-8-4-2-5-9-15/h2-12,14H,13H2,1H3. The van der Waals surface area contributed by atoms with Crippen LogP contribution in [0.5, 0.6) is 0 Å². The molecule has 6 heteroatoms. The van der Waals surface area contributed by atoms with Gasteiger partial charge in [0, 0.05) is 13.2 Å². The maximum Gasteiger partial charge on any atom is 0.267 e. The average molecular weight is 327 g/mol. The summed E-state index contributed by atoms with van der Waals surface area (Å²) in [6.07, 6.45) is 2.94. The number of nitrogens with zero attached hydrogens (tertiary/aromatic N) is 3. The molecule has 0 saturated carbocycles. The van der Waals surface area contributed by atoms with E-state index in [-0.39, 0.29) is 4.90 Å². The largest absolute Gasteiger partial charge is 0.269 e. The van der Waals surface area contributed by atoms with E-state index in [0.29, 0.717) is 12.2 Å². The molecule has 3 aromatic rings. The van der Waals surface area contributed by atoms with Gasteiger partial charge in [0.1, 0.15) is 4.90 Å². The summed E-state index contributed by atoms with van der Waals surface area (Å²) < 4.78 is 28.2. The number of sulfonamides is 1. The van der Waals surface area contributed by atoms with Gasteiger partial charge in [0.25, 0.3) is 10.0 Å². The van der Waals surface area contributed by atoms with Gasteiger partial charge in [0.2, 0.25) is 0 Å². The number of benzene rings is 2. The van der Waals surface area contributed by atoms with Crippen LogP contribution in [-0.4, -0.2) is 25.2 Å². The van der Waals surface area contributed by atoms with E-state index in [1.54, 1.807) is 42.2 Å². The highest BCUT2D eigenvalue weighted by Gasteiger charge is 2.22. The van der Waals surface area contributed by atoms with Crippen molar-refractivity contribution in [2.24, 2.45) is 0 Å². The monoisotopic (exact) mass is 327 g/mol. The van der Waals surface area contributed by atoms with Crippen LogP contribution >= 0.6 is 0 Å². The van der Waals surface area contributed by atoms with E-state index in [0.717, 1.165) is 5.56 Å². The molecule has 0 aliphatic rings. The summed E-state index contributed by atoms with van der Waals surface area (Å²) >= 11 is 0. The number of hydrogen-bond donors (Lipinski definition) is 0. The predicted molar refractivity (Wildman–Crippen MR) is 89.8 cm³/mol. The number of para-hydroxylation sites is 1. The fraction of sp³-hybridized carbons (Fsp3) is 0.118. The Bertz CT molecular complexity index is 874. The Kier molecular flexibility index (Phi) is 4.16. The van der Waals surface area contributed by atoms with Gasteiger partial charge in [-0.25, -0.2) is 8.42 Å². The molecule has 118 valence electrons. The van der Waals surface area contributed by atoms with Gasteiger partial charge in [-0.05, 0) is 17.7 Å². The fourth-order valence-corrected chi connectivity index (χ4v) is 3.42. The van der Waals surface area contributed by atoms with Crippen LogP contribution in [0, 0.1) is 0 Å². The van der Waals surface area contributed by atoms with Gasteiger partial charge < -0.3 is 0 Å². The summed E-state index contributed by atoms with van der Waals surface area (Å²) in [6.45, 7) is 0.533. The maximum absolute atomic E-state index is 12.7. The second-order valence-corrected chi connectivity index (χ2v) is 7.14. The molecule has 1 heterocycles. The minimum Gasteiger partial charge on any atom is -0.269 e. The van der Waals surface area contributed by atoms with E-state index < -0.39 is 10.0 Å².